The van der Waals surface area contributed by atoms with Gasteiger partial charge in [-0.25, -0.2) is 4.98 Å². The summed E-state index contributed by atoms with van der Waals surface area (Å²) in [5.74, 6) is 1.31. The highest BCUT2D eigenvalue weighted by atomic mass is 16.1. The molecule has 1 fully saturated rings. The molecule has 3 heterocycles. The molecule has 1 amide bonds. The van der Waals surface area contributed by atoms with E-state index in [0.29, 0.717) is 28.9 Å². The first-order chi connectivity index (χ1) is 11.7. The van der Waals surface area contributed by atoms with Crippen molar-refractivity contribution < 1.29 is 4.79 Å². The minimum Gasteiger partial charge on any atom is -0.396 e. The van der Waals surface area contributed by atoms with Gasteiger partial charge in [0.25, 0.3) is 5.91 Å². The van der Waals surface area contributed by atoms with E-state index in [1.165, 1.54) is 18.4 Å². The van der Waals surface area contributed by atoms with Gasteiger partial charge in [-0.05, 0) is 54.7 Å². The van der Waals surface area contributed by atoms with Crippen LogP contribution in [0.5, 0.6) is 0 Å². The third-order valence-corrected chi connectivity index (χ3v) is 4.08. The first kappa shape index (κ1) is 14.4. The van der Waals surface area contributed by atoms with Crippen LogP contribution < -0.4 is 11.1 Å². The smallest absolute Gasteiger partial charge is 0.275 e. The molecule has 4 rings (SSSR count). The molecule has 1 aliphatic rings. The van der Waals surface area contributed by atoms with E-state index < -0.39 is 0 Å². The average Bonchev–Trinajstić information content (AvgIpc) is 3.31. The zero-order valence-corrected chi connectivity index (χ0v) is 13.0. The second kappa shape index (κ2) is 5.81. The van der Waals surface area contributed by atoms with Crippen molar-refractivity contribution in [1.29, 1.82) is 0 Å². The molecule has 120 valence electrons. The average molecular weight is 319 g/mol. The predicted molar refractivity (Wildman–Crippen MR) is 92.1 cm³/mol. The maximum Gasteiger partial charge on any atom is 0.275 e. The molecule has 0 radical (unpaired) electrons. The zero-order chi connectivity index (χ0) is 16.5. The number of aromatic nitrogens is 3. The van der Waals surface area contributed by atoms with Crippen molar-refractivity contribution in [3.8, 4) is 5.82 Å². The van der Waals surface area contributed by atoms with Crippen LogP contribution in [-0.2, 0) is 0 Å². The molecule has 1 aliphatic carbocycles. The summed E-state index contributed by atoms with van der Waals surface area (Å²) >= 11 is 0. The van der Waals surface area contributed by atoms with Crippen molar-refractivity contribution in [3.05, 3.63) is 66.2 Å². The number of nitrogens with one attached hydrogen (secondary N) is 1. The number of rotatable bonds is 4. The molecule has 0 unspecified atom stereocenters. The second-order valence-electron chi connectivity index (χ2n) is 5.90. The van der Waals surface area contributed by atoms with Gasteiger partial charge >= 0.3 is 0 Å². The van der Waals surface area contributed by atoms with Gasteiger partial charge in [0.2, 0.25) is 0 Å². The van der Waals surface area contributed by atoms with Gasteiger partial charge in [-0.15, -0.1) is 0 Å². The summed E-state index contributed by atoms with van der Waals surface area (Å²) in [5, 5.41) is 2.74. The number of nitrogens with two attached hydrogens (primary N) is 1. The minimum atomic E-state index is -0.318. The van der Waals surface area contributed by atoms with E-state index in [2.05, 4.69) is 15.3 Å². The lowest BCUT2D eigenvalue weighted by Crippen LogP contribution is -2.16. The van der Waals surface area contributed by atoms with Crippen molar-refractivity contribution >= 4 is 17.4 Å². The van der Waals surface area contributed by atoms with Crippen LogP contribution in [0.1, 0.15) is 34.8 Å². The number of pyridine rings is 2. The SMILES string of the molecule is Nc1ccc(-n2cccc2)nc1NC(=O)c1ccc(C2CC2)cn1. The molecule has 0 aliphatic heterocycles. The van der Waals surface area contributed by atoms with Crippen LogP contribution in [0.4, 0.5) is 11.5 Å². The molecule has 0 bridgehead atoms. The molecule has 24 heavy (non-hydrogen) atoms. The van der Waals surface area contributed by atoms with Crippen molar-refractivity contribution in [3.63, 3.8) is 0 Å². The number of nitrogen functional groups attached to an aromatic ring is 1. The lowest BCUT2D eigenvalue weighted by atomic mass is 10.2. The summed E-state index contributed by atoms with van der Waals surface area (Å²) < 4.78 is 1.85. The Bertz CT molecular complexity index is 867. The fourth-order valence-electron chi connectivity index (χ4n) is 2.56. The number of anilines is 2. The third kappa shape index (κ3) is 2.86. The molecule has 6 nitrogen and oxygen atoms in total. The van der Waals surface area contributed by atoms with Gasteiger partial charge in [-0.1, -0.05) is 6.07 Å². The summed E-state index contributed by atoms with van der Waals surface area (Å²) in [6.07, 6.45) is 7.95. The molecule has 0 saturated heterocycles. The molecule has 0 atom stereocenters. The molecular formula is C18H17N5O. The van der Waals surface area contributed by atoms with E-state index in [-0.39, 0.29) is 5.91 Å². The lowest BCUT2D eigenvalue weighted by molar-refractivity contribution is 0.102. The van der Waals surface area contributed by atoms with Crippen LogP contribution in [0.2, 0.25) is 0 Å². The molecule has 0 spiro atoms. The number of hydrogen-bond donors (Lipinski definition) is 2. The molecule has 6 heteroatoms. The molecule has 1 saturated carbocycles. The van der Waals surface area contributed by atoms with Crippen LogP contribution in [0.3, 0.4) is 0 Å². The molecular weight excluding hydrogens is 302 g/mol. The fourth-order valence-corrected chi connectivity index (χ4v) is 2.56. The number of carbonyl (C=O) groups is 1. The first-order valence-electron chi connectivity index (χ1n) is 7.88. The summed E-state index contributed by atoms with van der Waals surface area (Å²) in [7, 11) is 0. The molecule has 0 aromatic carbocycles. The van der Waals surface area contributed by atoms with E-state index in [4.69, 9.17) is 5.73 Å². The van der Waals surface area contributed by atoms with Crippen LogP contribution in [0, 0.1) is 0 Å². The van der Waals surface area contributed by atoms with Crippen LogP contribution in [0.15, 0.2) is 55.0 Å². The maximum absolute atomic E-state index is 12.4. The Morgan fingerprint density at radius 2 is 1.96 bits per heavy atom. The van der Waals surface area contributed by atoms with E-state index in [9.17, 15) is 4.79 Å². The van der Waals surface area contributed by atoms with Gasteiger partial charge in [-0.2, -0.15) is 0 Å². The van der Waals surface area contributed by atoms with Gasteiger partial charge < -0.3 is 15.6 Å². The van der Waals surface area contributed by atoms with Crippen LogP contribution >= 0.6 is 0 Å². The first-order valence-corrected chi connectivity index (χ1v) is 7.88. The largest absolute Gasteiger partial charge is 0.396 e. The van der Waals surface area contributed by atoms with Gasteiger partial charge in [0, 0.05) is 18.6 Å². The minimum absolute atomic E-state index is 0.318. The monoisotopic (exact) mass is 319 g/mol. The predicted octanol–water partition coefficient (Wildman–Crippen LogP) is 2.98. The van der Waals surface area contributed by atoms with Gasteiger partial charge in [0.1, 0.15) is 11.5 Å². The van der Waals surface area contributed by atoms with Crippen molar-refractivity contribution in [1.82, 2.24) is 14.5 Å². The van der Waals surface area contributed by atoms with Crippen molar-refractivity contribution in [2.75, 3.05) is 11.1 Å². The fraction of sp³-hybridized carbons (Fsp3) is 0.167. The van der Waals surface area contributed by atoms with Crippen LogP contribution in [0.25, 0.3) is 5.82 Å². The number of hydrogen-bond acceptors (Lipinski definition) is 4. The Kier molecular flexibility index (Phi) is 3.49. The summed E-state index contributed by atoms with van der Waals surface area (Å²) in [6.45, 7) is 0. The molecule has 3 aromatic heterocycles. The molecule has 3 N–H and O–H groups in total. The Labute approximate surface area is 139 Å². The standard InChI is InChI=1S/C18H17N5O/c19-14-6-8-16(23-9-1-2-10-23)21-17(14)22-18(24)15-7-5-13(11-20-15)12-3-4-12/h1-2,5-12H,3-4,19H2,(H,21,22,24). The quantitative estimate of drug-likeness (QED) is 0.774. The Hall–Kier alpha value is -3.15. The second-order valence-corrected chi connectivity index (χ2v) is 5.90. The number of nitrogens with zero attached hydrogens (tertiary/aromatic N) is 3. The summed E-state index contributed by atoms with van der Waals surface area (Å²) in [5.41, 5.74) is 7.89. The van der Waals surface area contributed by atoms with E-state index in [1.807, 2.05) is 35.2 Å². The Morgan fingerprint density at radius 3 is 2.62 bits per heavy atom. The highest BCUT2D eigenvalue weighted by Crippen LogP contribution is 2.39. The van der Waals surface area contributed by atoms with E-state index in [0.717, 1.165) is 0 Å². The number of amides is 1. The number of carbonyl (C=O) groups excluding carboxylic acids is 1. The maximum atomic E-state index is 12.4. The topological polar surface area (TPSA) is 85.8 Å². The van der Waals surface area contributed by atoms with Gasteiger partial charge in [0.15, 0.2) is 5.82 Å². The summed E-state index contributed by atoms with van der Waals surface area (Å²) in [6, 6.07) is 11.0. The van der Waals surface area contributed by atoms with Gasteiger partial charge in [-0.3, -0.25) is 9.78 Å². The van der Waals surface area contributed by atoms with E-state index in [1.54, 1.807) is 24.4 Å². The summed E-state index contributed by atoms with van der Waals surface area (Å²) in [4.78, 5) is 21.1. The van der Waals surface area contributed by atoms with Crippen molar-refractivity contribution in [2.45, 2.75) is 18.8 Å². The lowest BCUT2D eigenvalue weighted by Gasteiger charge is -2.10. The third-order valence-electron chi connectivity index (χ3n) is 4.08. The van der Waals surface area contributed by atoms with E-state index >= 15 is 0 Å². The Morgan fingerprint density at radius 1 is 1.17 bits per heavy atom. The molecule has 3 aromatic rings. The zero-order valence-electron chi connectivity index (χ0n) is 13.0. The van der Waals surface area contributed by atoms with Crippen molar-refractivity contribution in [2.24, 2.45) is 0 Å². The normalized spacial score (nSPS) is 13.7. The Balaban J connectivity index is 1.55. The highest BCUT2D eigenvalue weighted by molar-refractivity contribution is 6.03. The highest BCUT2D eigenvalue weighted by Gasteiger charge is 2.24. The van der Waals surface area contributed by atoms with Crippen LogP contribution in [-0.4, -0.2) is 20.4 Å². The van der Waals surface area contributed by atoms with Gasteiger partial charge in [0.05, 0.1) is 5.69 Å².